The standard InChI is InChI=1S/C18H22O5S/c1-2-3-4-6-9-14-12-16(23-15-10-7-5-8-11-15)13-17(19)18(14)24(20,21)22/h5,7-8,10-13,19H,2-4,6,9H2,1H3,(H,20,21,22). The smallest absolute Gasteiger partial charge is 0.298 e. The lowest BCUT2D eigenvalue weighted by atomic mass is 10.1. The van der Waals surface area contributed by atoms with E-state index in [1.54, 1.807) is 18.2 Å². The van der Waals surface area contributed by atoms with Crippen molar-refractivity contribution in [3.8, 4) is 17.2 Å². The maximum Gasteiger partial charge on any atom is 0.298 e. The Bertz CT molecular complexity index is 769. The highest BCUT2D eigenvalue weighted by atomic mass is 32.2. The Hall–Kier alpha value is -2.05. The van der Waals surface area contributed by atoms with Gasteiger partial charge in [-0.2, -0.15) is 8.42 Å². The van der Waals surface area contributed by atoms with Crippen LogP contribution in [0.25, 0.3) is 0 Å². The average Bonchev–Trinajstić information content (AvgIpc) is 2.51. The number of aromatic hydroxyl groups is 1. The summed E-state index contributed by atoms with van der Waals surface area (Å²) in [5.41, 5.74) is 0.361. The van der Waals surface area contributed by atoms with Crippen LogP contribution in [0.5, 0.6) is 17.2 Å². The Labute approximate surface area is 142 Å². The van der Waals surface area contributed by atoms with Crippen LogP contribution >= 0.6 is 0 Å². The van der Waals surface area contributed by atoms with Gasteiger partial charge in [-0.3, -0.25) is 4.55 Å². The number of aryl methyl sites for hydroxylation is 1. The number of phenols is 1. The molecule has 0 bridgehead atoms. The van der Waals surface area contributed by atoms with E-state index in [0.717, 1.165) is 25.7 Å². The van der Waals surface area contributed by atoms with Crippen LogP contribution in [-0.4, -0.2) is 18.1 Å². The summed E-state index contributed by atoms with van der Waals surface area (Å²) in [7, 11) is -4.50. The monoisotopic (exact) mass is 350 g/mol. The molecule has 0 radical (unpaired) electrons. The summed E-state index contributed by atoms with van der Waals surface area (Å²) in [5.74, 6) is 0.404. The zero-order chi connectivity index (χ0) is 17.6. The quantitative estimate of drug-likeness (QED) is 0.539. The first kappa shape index (κ1) is 18.3. The molecule has 0 aliphatic carbocycles. The van der Waals surface area contributed by atoms with Crippen molar-refractivity contribution in [3.05, 3.63) is 48.0 Å². The van der Waals surface area contributed by atoms with E-state index < -0.39 is 20.8 Å². The van der Waals surface area contributed by atoms with Gasteiger partial charge in [-0.1, -0.05) is 44.4 Å². The van der Waals surface area contributed by atoms with Gasteiger partial charge < -0.3 is 9.84 Å². The number of unbranched alkanes of at least 4 members (excludes halogenated alkanes) is 3. The largest absolute Gasteiger partial charge is 0.506 e. The molecular weight excluding hydrogens is 328 g/mol. The van der Waals surface area contributed by atoms with Gasteiger partial charge >= 0.3 is 0 Å². The second-order valence-corrected chi connectivity index (χ2v) is 6.99. The van der Waals surface area contributed by atoms with Gasteiger partial charge in [-0.25, -0.2) is 0 Å². The zero-order valence-corrected chi connectivity index (χ0v) is 14.4. The maximum atomic E-state index is 11.6. The number of hydrogen-bond donors (Lipinski definition) is 2. The van der Waals surface area contributed by atoms with Gasteiger partial charge in [0.2, 0.25) is 0 Å². The van der Waals surface area contributed by atoms with Crippen molar-refractivity contribution in [3.63, 3.8) is 0 Å². The molecule has 24 heavy (non-hydrogen) atoms. The Kier molecular flexibility index (Phi) is 6.23. The lowest BCUT2D eigenvalue weighted by molar-refractivity contribution is 0.430. The van der Waals surface area contributed by atoms with Gasteiger partial charge in [0.05, 0.1) is 0 Å². The minimum absolute atomic E-state index is 0.330. The molecule has 0 spiro atoms. The number of rotatable bonds is 8. The highest BCUT2D eigenvalue weighted by molar-refractivity contribution is 7.86. The summed E-state index contributed by atoms with van der Waals surface area (Å²) in [4.78, 5) is -0.431. The fraction of sp³-hybridized carbons (Fsp3) is 0.333. The Morgan fingerprint density at radius 1 is 1.00 bits per heavy atom. The van der Waals surface area contributed by atoms with E-state index in [9.17, 15) is 18.1 Å². The van der Waals surface area contributed by atoms with Crippen molar-refractivity contribution in [1.29, 1.82) is 0 Å². The van der Waals surface area contributed by atoms with E-state index in [2.05, 4.69) is 6.92 Å². The summed E-state index contributed by atoms with van der Waals surface area (Å²) in [6, 6.07) is 11.8. The van der Waals surface area contributed by atoms with E-state index >= 15 is 0 Å². The van der Waals surface area contributed by atoms with Gasteiger partial charge in [0.25, 0.3) is 10.1 Å². The van der Waals surface area contributed by atoms with E-state index in [0.29, 0.717) is 23.5 Å². The maximum absolute atomic E-state index is 11.6. The molecule has 0 aliphatic heterocycles. The van der Waals surface area contributed by atoms with E-state index in [4.69, 9.17) is 4.74 Å². The molecule has 0 unspecified atom stereocenters. The molecule has 0 amide bonds. The molecule has 0 atom stereocenters. The minimum Gasteiger partial charge on any atom is -0.506 e. The number of para-hydroxylation sites is 1. The number of ether oxygens (including phenoxy) is 1. The van der Waals surface area contributed by atoms with Crippen LogP contribution in [0.15, 0.2) is 47.4 Å². The highest BCUT2D eigenvalue weighted by Crippen LogP contribution is 2.34. The van der Waals surface area contributed by atoms with Crippen molar-refractivity contribution in [2.45, 2.75) is 43.9 Å². The van der Waals surface area contributed by atoms with Gasteiger partial charge in [0.15, 0.2) is 0 Å². The average molecular weight is 350 g/mol. The summed E-state index contributed by atoms with van der Waals surface area (Å²) >= 11 is 0. The Balaban J connectivity index is 2.32. The molecule has 0 saturated carbocycles. The van der Waals surface area contributed by atoms with Crippen molar-refractivity contribution in [2.24, 2.45) is 0 Å². The highest BCUT2D eigenvalue weighted by Gasteiger charge is 2.22. The second kappa shape index (κ2) is 8.17. The second-order valence-electron chi connectivity index (χ2n) is 5.63. The molecule has 2 aromatic rings. The fourth-order valence-electron chi connectivity index (χ4n) is 2.55. The number of hydrogen-bond acceptors (Lipinski definition) is 4. The van der Waals surface area contributed by atoms with Crippen LogP contribution in [0.2, 0.25) is 0 Å². The van der Waals surface area contributed by atoms with E-state index in [-0.39, 0.29) is 0 Å². The van der Waals surface area contributed by atoms with Crippen LogP contribution in [0, 0.1) is 0 Å². The van der Waals surface area contributed by atoms with Crippen LogP contribution in [-0.2, 0) is 16.5 Å². The van der Waals surface area contributed by atoms with Gasteiger partial charge in [-0.15, -0.1) is 0 Å². The van der Waals surface area contributed by atoms with Gasteiger partial charge in [0, 0.05) is 6.07 Å². The van der Waals surface area contributed by atoms with Crippen LogP contribution < -0.4 is 4.74 Å². The number of benzene rings is 2. The van der Waals surface area contributed by atoms with E-state index in [1.807, 2.05) is 18.2 Å². The van der Waals surface area contributed by atoms with Gasteiger partial charge in [0.1, 0.15) is 22.1 Å². The van der Waals surface area contributed by atoms with Crippen molar-refractivity contribution in [2.75, 3.05) is 0 Å². The predicted octanol–water partition coefficient (Wildman–Crippen LogP) is 4.55. The van der Waals surface area contributed by atoms with Crippen LogP contribution in [0.1, 0.15) is 38.2 Å². The predicted molar refractivity (Wildman–Crippen MR) is 92.3 cm³/mol. The molecule has 0 aromatic heterocycles. The first-order chi connectivity index (χ1) is 11.4. The van der Waals surface area contributed by atoms with Crippen molar-refractivity contribution >= 4 is 10.1 Å². The molecule has 0 saturated heterocycles. The normalized spacial score (nSPS) is 11.4. The van der Waals surface area contributed by atoms with Crippen molar-refractivity contribution < 1.29 is 22.8 Å². The Morgan fingerprint density at radius 3 is 2.33 bits per heavy atom. The molecule has 2 aromatic carbocycles. The van der Waals surface area contributed by atoms with Gasteiger partial charge in [-0.05, 0) is 36.6 Å². The first-order valence-electron chi connectivity index (χ1n) is 7.98. The molecule has 0 heterocycles. The summed E-state index contributed by atoms with van der Waals surface area (Å²) < 4.78 is 38.2. The third-order valence-electron chi connectivity index (χ3n) is 3.66. The molecule has 5 nitrogen and oxygen atoms in total. The first-order valence-corrected chi connectivity index (χ1v) is 9.42. The molecule has 0 aliphatic rings. The molecule has 6 heteroatoms. The lowest BCUT2D eigenvalue weighted by Gasteiger charge is -2.13. The SMILES string of the molecule is CCCCCCc1cc(Oc2ccccc2)cc(O)c1S(=O)(=O)O. The third kappa shape index (κ3) is 4.97. The zero-order valence-electron chi connectivity index (χ0n) is 13.6. The van der Waals surface area contributed by atoms with E-state index in [1.165, 1.54) is 6.07 Å². The molecule has 130 valence electrons. The summed E-state index contributed by atoms with van der Waals surface area (Å²) in [6.45, 7) is 2.09. The summed E-state index contributed by atoms with van der Waals surface area (Å²) in [5, 5.41) is 10.1. The topological polar surface area (TPSA) is 83.8 Å². The fourth-order valence-corrected chi connectivity index (χ4v) is 3.37. The Morgan fingerprint density at radius 2 is 1.71 bits per heavy atom. The third-order valence-corrected chi connectivity index (χ3v) is 4.64. The molecule has 0 fully saturated rings. The molecular formula is C18H22O5S. The lowest BCUT2D eigenvalue weighted by Crippen LogP contribution is -2.04. The van der Waals surface area contributed by atoms with Crippen molar-refractivity contribution in [1.82, 2.24) is 0 Å². The molecule has 2 N–H and O–H groups in total. The van der Waals surface area contributed by atoms with Crippen LogP contribution in [0.4, 0.5) is 0 Å². The van der Waals surface area contributed by atoms with Crippen LogP contribution in [0.3, 0.4) is 0 Å². The summed E-state index contributed by atoms with van der Waals surface area (Å²) in [6.07, 6.45) is 4.27. The minimum atomic E-state index is -4.50. The number of phenolic OH excluding ortho intramolecular Hbond substituents is 1. The molecule has 2 rings (SSSR count).